The van der Waals surface area contributed by atoms with E-state index in [0.717, 1.165) is 10.2 Å². The predicted molar refractivity (Wildman–Crippen MR) is 109 cm³/mol. The molecule has 0 radical (unpaired) electrons. The van der Waals surface area contributed by atoms with Gasteiger partial charge in [-0.15, -0.1) is 5.10 Å². The SMILES string of the molecule is COc1ccccc1NC(=O)Cn1nc2cc(-c3ccccc3)nc(C)n2c1=O. The van der Waals surface area contributed by atoms with E-state index in [1.165, 1.54) is 11.5 Å². The number of carbonyl (C=O) groups is 1. The number of hydrogen-bond donors (Lipinski definition) is 1. The lowest BCUT2D eigenvalue weighted by Gasteiger charge is -2.09. The second-order valence-corrected chi connectivity index (χ2v) is 6.44. The minimum absolute atomic E-state index is 0.224. The maximum Gasteiger partial charge on any atom is 0.352 e. The van der Waals surface area contributed by atoms with Crippen LogP contribution in [0.4, 0.5) is 5.69 Å². The number of para-hydroxylation sites is 2. The Bertz CT molecular complexity index is 1240. The quantitative estimate of drug-likeness (QED) is 0.566. The number of nitrogens with zero attached hydrogens (tertiary/aromatic N) is 4. The average molecular weight is 389 g/mol. The first kappa shape index (κ1) is 18.4. The monoisotopic (exact) mass is 389 g/mol. The lowest BCUT2D eigenvalue weighted by molar-refractivity contribution is -0.117. The number of fused-ring (bicyclic) bond motifs is 1. The molecule has 2 aromatic carbocycles. The summed E-state index contributed by atoms with van der Waals surface area (Å²) in [7, 11) is 1.53. The van der Waals surface area contributed by atoms with Crippen molar-refractivity contribution in [2.45, 2.75) is 13.5 Å². The van der Waals surface area contributed by atoms with Crippen LogP contribution >= 0.6 is 0 Å². The smallest absolute Gasteiger partial charge is 0.352 e. The molecule has 4 rings (SSSR count). The highest BCUT2D eigenvalue weighted by Crippen LogP contribution is 2.23. The van der Waals surface area contributed by atoms with E-state index in [1.807, 2.05) is 30.3 Å². The fourth-order valence-corrected chi connectivity index (χ4v) is 3.13. The van der Waals surface area contributed by atoms with Gasteiger partial charge in [-0.3, -0.25) is 4.79 Å². The van der Waals surface area contributed by atoms with Crippen LogP contribution in [-0.4, -0.2) is 32.2 Å². The maximum atomic E-state index is 12.7. The van der Waals surface area contributed by atoms with Crippen molar-refractivity contribution in [3.63, 3.8) is 0 Å². The van der Waals surface area contributed by atoms with Crippen molar-refractivity contribution in [3.8, 4) is 17.0 Å². The van der Waals surface area contributed by atoms with Gasteiger partial charge in [0.1, 0.15) is 18.1 Å². The van der Waals surface area contributed by atoms with Crippen LogP contribution in [-0.2, 0) is 11.3 Å². The van der Waals surface area contributed by atoms with Crippen molar-refractivity contribution < 1.29 is 9.53 Å². The molecule has 8 heteroatoms. The molecule has 0 saturated heterocycles. The molecule has 0 aliphatic carbocycles. The zero-order chi connectivity index (χ0) is 20.4. The molecule has 29 heavy (non-hydrogen) atoms. The minimum Gasteiger partial charge on any atom is -0.495 e. The molecule has 0 bridgehead atoms. The van der Waals surface area contributed by atoms with E-state index in [1.54, 1.807) is 37.3 Å². The van der Waals surface area contributed by atoms with Gasteiger partial charge in [-0.2, -0.15) is 0 Å². The molecule has 0 fully saturated rings. The summed E-state index contributed by atoms with van der Waals surface area (Å²) in [6, 6.07) is 18.4. The molecule has 4 aromatic rings. The van der Waals surface area contributed by atoms with Crippen LogP contribution < -0.4 is 15.7 Å². The normalized spacial score (nSPS) is 10.8. The third kappa shape index (κ3) is 3.60. The number of anilines is 1. The molecule has 0 unspecified atom stereocenters. The van der Waals surface area contributed by atoms with Gasteiger partial charge in [-0.1, -0.05) is 42.5 Å². The van der Waals surface area contributed by atoms with Crippen LogP contribution in [0.3, 0.4) is 0 Å². The predicted octanol–water partition coefficient (Wildman–Crippen LogP) is 2.51. The number of rotatable bonds is 5. The Morgan fingerprint density at radius 1 is 1.10 bits per heavy atom. The summed E-state index contributed by atoms with van der Waals surface area (Å²) in [4.78, 5) is 29.7. The Balaban J connectivity index is 1.64. The highest BCUT2D eigenvalue weighted by Gasteiger charge is 2.15. The second kappa shape index (κ2) is 7.59. The summed E-state index contributed by atoms with van der Waals surface area (Å²) >= 11 is 0. The number of methoxy groups -OCH3 is 1. The molecular formula is C21H19N5O3. The fraction of sp³-hybridized carbons (Fsp3) is 0.143. The van der Waals surface area contributed by atoms with Gasteiger partial charge in [0.25, 0.3) is 0 Å². The molecule has 1 amide bonds. The summed E-state index contributed by atoms with van der Waals surface area (Å²) in [5.74, 6) is 0.660. The second-order valence-electron chi connectivity index (χ2n) is 6.44. The largest absolute Gasteiger partial charge is 0.495 e. The van der Waals surface area contributed by atoms with Gasteiger partial charge in [0.05, 0.1) is 18.5 Å². The van der Waals surface area contributed by atoms with Gasteiger partial charge < -0.3 is 10.1 Å². The molecule has 2 heterocycles. The van der Waals surface area contributed by atoms with Gasteiger partial charge in [0.2, 0.25) is 5.91 Å². The lowest BCUT2D eigenvalue weighted by atomic mass is 10.1. The summed E-state index contributed by atoms with van der Waals surface area (Å²) in [5, 5.41) is 7.06. The summed E-state index contributed by atoms with van der Waals surface area (Å²) in [5.41, 5.74) is 2.19. The highest BCUT2D eigenvalue weighted by molar-refractivity contribution is 5.92. The zero-order valence-electron chi connectivity index (χ0n) is 16.0. The van der Waals surface area contributed by atoms with E-state index in [2.05, 4.69) is 15.4 Å². The van der Waals surface area contributed by atoms with Crippen molar-refractivity contribution in [1.29, 1.82) is 0 Å². The van der Waals surface area contributed by atoms with E-state index in [-0.39, 0.29) is 12.5 Å². The van der Waals surface area contributed by atoms with Crippen molar-refractivity contribution in [1.82, 2.24) is 19.2 Å². The Morgan fingerprint density at radius 2 is 1.83 bits per heavy atom. The third-order valence-electron chi connectivity index (χ3n) is 4.48. The number of benzene rings is 2. The van der Waals surface area contributed by atoms with Crippen LogP contribution in [0.2, 0.25) is 0 Å². The van der Waals surface area contributed by atoms with Crippen molar-refractivity contribution in [2.24, 2.45) is 0 Å². The van der Waals surface area contributed by atoms with Crippen molar-refractivity contribution in [2.75, 3.05) is 12.4 Å². The Kier molecular flexibility index (Phi) is 4.82. The summed E-state index contributed by atoms with van der Waals surface area (Å²) in [6.07, 6.45) is 0. The standard InChI is InChI=1S/C21H19N5O3/c1-14-22-17(15-8-4-3-5-9-15)12-19-24-25(21(28)26(14)19)13-20(27)23-16-10-6-7-11-18(16)29-2/h3-12H,13H2,1-2H3,(H,23,27). The van der Waals surface area contributed by atoms with Crippen LogP contribution in [0.15, 0.2) is 65.5 Å². The lowest BCUT2D eigenvalue weighted by Crippen LogP contribution is -2.29. The molecule has 0 aliphatic rings. The molecule has 0 aliphatic heterocycles. The Labute approximate surface area is 166 Å². The first-order valence-electron chi connectivity index (χ1n) is 9.02. The van der Waals surface area contributed by atoms with E-state index >= 15 is 0 Å². The summed E-state index contributed by atoms with van der Waals surface area (Å²) < 4.78 is 7.75. The Hall–Kier alpha value is -3.94. The molecule has 2 aromatic heterocycles. The number of aryl methyl sites for hydroxylation is 1. The van der Waals surface area contributed by atoms with Crippen LogP contribution in [0.25, 0.3) is 16.9 Å². The molecule has 0 saturated carbocycles. The van der Waals surface area contributed by atoms with Gasteiger partial charge in [-0.05, 0) is 19.1 Å². The number of carbonyl (C=O) groups excluding carboxylic acids is 1. The van der Waals surface area contributed by atoms with Gasteiger partial charge in [-0.25, -0.2) is 18.9 Å². The first-order valence-corrected chi connectivity index (χ1v) is 9.02. The fourth-order valence-electron chi connectivity index (χ4n) is 3.13. The van der Waals surface area contributed by atoms with Crippen molar-refractivity contribution in [3.05, 3.63) is 77.0 Å². The van der Waals surface area contributed by atoms with Crippen LogP contribution in [0.1, 0.15) is 5.82 Å². The first-order chi connectivity index (χ1) is 14.1. The van der Waals surface area contributed by atoms with Crippen LogP contribution in [0, 0.1) is 6.92 Å². The highest BCUT2D eigenvalue weighted by atomic mass is 16.5. The van der Waals surface area contributed by atoms with Crippen LogP contribution in [0.5, 0.6) is 5.75 Å². The molecule has 146 valence electrons. The third-order valence-corrected chi connectivity index (χ3v) is 4.48. The average Bonchev–Trinajstić information content (AvgIpc) is 3.04. The van der Waals surface area contributed by atoms with E-state index in [9.17, 15) is 9.59 Å². The van der Waals surface area contributed by atoms with Crippen molar-refractivity contribution >= 4 is 17.2 Å². The molecule has 1 N–H and O–H groups in total. The maximum absolute atomic E-state index is 12.7. The zero-order valence-corrected chi connectivity index (χ0v) is 16.0. The number of nitrogens with one attached hydrogen (secondary N) is 1. The van der Waals surface area contributed by atoms with E-state index in [4.69, 9.17) is 4.74 Å². The summed E-state index contributed by atoms with van der Waals surface area (Å²) in [6.45, 7) is 1.51. The molecular weight excluding hydrogens is 370 g/mol. The van der Waals surface area contributed by atoms with E-state index in [0.29, 0.717) is 28.6 Å². The minimum atomic E-state index is -0.417. The molecule has 0 spiro atoms. The number of amides is 1. The van der Waals surface area contributed by atoms with Gasteiger partial charge in [0, 0.05) is 11.6 Å². The molecule has 0 atom stereocenters. The van der Waals surface area contributed by atoms with E-state index < -0.39 is 5.69 Å². The molecule has 8 nitrogen and oxygen atoms in total. The Morgan fingerprint density at radius 3 is 2.59 bits per heavy atom. The van der Waals surface area contributed by atoms with Gasteiger partial charge in [0.15, 0.2) is 5.65 Å². The topological polar surface area (TPSA) is 90.5 Å². The number of ether oxygens (including phenoxy) is 1. The van der Waals surface area contributed by atoms with Gasteiger partial charge >= 0.3 is 5.69 Å². The number of aromatic nitrogens is 4. The number of hydrogen-bond acceptors (Lipinski definition) is 5.